The van der Waals surface area contributed by atoms with Gasteiger partial charge in [0.15, 0.2) is 6.61 Å². The number of benzene rings is 2. The van der Waals surface area contributed by atoms with Gasteiger partial charge in [0, 0.05) is 18.3 Å². The van der Waals surface area contributed by atoms with Crippen LogP contribution in [0.15, 0.2) is 42.5 Å². The molecule has 0 atom stereocenters. The van der Waals surface area contributed by atoms with E-state index < -0.39 is 0 Å². The highest BCUT2D eigenvalue weighted by Crippen LogP contribution is 2.20. The van der Waals surface area contributed by atoms with Crippen LogP contribution in [-0.2, 0) is 9.59 Å². The van der Waals surface area contributed by atoms with E-state index in [1.54, 1.807) is 43.5 Å². The maximum atomic E-state index is 12.0. The van der Waals surface area contributed by atoms with Gasteiger partial charge in [-0.25, -0.2) is 0 Å². The molecular formula is C18H20N2O4. The SMILES string of the molecule is COc1ccc(OCC(=O)Nc2ccc(C)c(NC(C)=O)c2)cc1. The molecular weight excluding hydrogens is 308 g/mol. The summed E-state index contributed by atoms with van der Waals surface area (Å²) in [5.41, 5.74) is 2.17. The molecule has 2 N–H and O–H groups in total. The van der Waals surface area contributed by atoms with Gasteiger partial charge >= 0.3 is 0 Å². The lowest BCUT2D eigenvalue weighted by Crippen LogP contribution is -2.20. The Bertz CT molecular complexity index is 726. The molecule has 2 amide bonds. The Morgan fingerprint density at radius 3 is 2.29 bits per heavy atom. The number of carbonyl (C=O) groups is 2. The molecule has 24 heavy (non-hydrogen) atoms. The standard InChI is InChI=1S/C18H20N2O4/c1-12-4-5-14(10-17(12)19-13(2)21)20-18(22)11-24-16-8-6-15(23-3)7-9-16/h4-10H,11H2,1-3H3,(H,19,21)(H,20,22). The quantitative estimate of drug-likeness (QED) is 0.855. The molecule has 0 fully saturated rings. The number of anilines is 2. The molecule has 0 heterocycles. The fourth-order valence-electron chi connectivity index (χ4n) is 2.04. The van der Waals surface area contributed by atoms with Crippen molar-refractivity contribution >= 4 is 23.2 Å². The number of aryl methyl sites for hydroxylation is 1. The fourth-order valence-corrected chi connectivity index (χ4v) is 2.04. The van der Waals surface area contributed by atoms with Crippen molar-refractivity contribution in [3.8, 4) is 11.5 Å². The average molecular weight is 328 g/mol. The molecule has 2 rings (SSSR count). The topological polar surface area (TPSA) is 76.7 Å². The van der Waals surface area contributed by atoms with Crippen LogP contribution in [0.1, 0.15) is 12.5 Å². The molecule has 0 saturated heterocycles. The Labute approximate surface area is 140 Å². The zero-order chi connectivity index (χ0) is 17.5. The van der Waals surface area contributed by atoms with Crippen molar-refractivity contribution < 1.29 is 19.1 Å². The Kier molecular flexibility index (Phi) is 5.78. The van der Waals surface area contributed by atoms with Crippen LogP contribution in [0.25, 0.3) is 0 Å². The largest absolute Gasteiger partial charge is 0.497 e. The summed E-state index contributed by atoms with van der Waals surface area (Å²) in [7, 11) is 1.58. The molecule has 2 aromatic rings. The zero-order valence-corrected chi connectivity index (χ0v) is 13.9. The van der Waals surface area contributed by atoms with Gasteiger partial charge in [-0.05, 0) is 48.9 Å². The third-order valence-corrected chi connectivity index (χ3v) is 3.26. The van der Waals surface area contributed by atoms with E-state index in [1.165, 1.54) is 6.92 Å². The lowest BCUT2D eigenvalue weighted by molar-refractivity contribution is -0.118. The minimum Gasteiger partial charge on any atom is -0.497 e. The van der Waals surface area contributed by atoms with Crippen LogP contribution in [-0.4, -0.2) is 25.5 Å². The maximum absolute atomic E-state index is 12.0. The Hall–Kier alpha value is -3.02. The summed E-state index contributed by atoms with van der Waals surface area (Å²) in [4.78, 5) is 23.2. The molecule has 0 bridgehead atoms. The van der Waals surface area contributed by atoms with Crippen molar-refractivity contribution in [2.24, 2.45) is 0 Å². The van der Waals surface area contributed by atoms with Gasteiger partial charge in [-0.1, -0.05) is 6.07 Å². The summed E-state index contributed by atoms with van der Waals surface area (Å²) >= 11 is 0. The lowest BCUT2D eigenvalue weighted by Gasteiger charge is -2.11. The number of hydrogen-bond acceptors (Lipinski definition) is 4. The van der Waals surface area contributed by atoms with Gasteiger partial charge in [-0.15, -0.1) is 0 Å². The zero-order valence-electron chi connectivity index (χ0n) is 13.9. The van der Waals surface area contributed by atoms with Crippen molar-refractivity contribution in [1.82, 2.24) is 0 Å². The van der Waals surface area contributed by atoms with Gasteiger partial charge in [0.25, 0.3) is 5.91 Å². The van der Waals surface area contributed by atoms with Crippen LogP contribution in [0.2, 0.25) is 0 Å². The smallest absolute Gasteiger partial charge is 0.262 e. The fraction of sp³-hybridized carbons (Fsp3) is 0.222. The van der Waals surface area contributed by atoms with E-state index in [4.69, 9.17) is 9.47 Å². The third kappa shape index (κ3) is 5.01. The molecule has 0 saturated carbocycles. The van der Waals surface area contributed by atoms with Crippen molar-refractivity contribution in [3.63, 3.8) is 0 Å². The first kappa shape index (κ1) is 17.3. The van der Waals surface area contributed by atoms with Crippen molar-refractivity contribution in [2.75, 3.05) is 24.4 Å². The second-order valence-corrected chi connectivity index (χ2v) is 5.22. The first-order valence-corrected chi connectivity index (χ1v) is 7.43. The van der Waals surface area contributed by atoms with Crippen LogP contribution in [0.5, 0.6) is 11.5 Å². The van der Waals surface area contributed by atoms with Crippen molar-refractivity contribution in [3.05, 3.63) is 48.0 Å². The number of ether oxygens (including phenoxy) is 2. The molecule has 0 unspecified atom stereocenters. The number of carbonyl (C=O) groups excluding carboxylic acids is 2. The lowest BCUT2D eigenvalue weighted by atomic mass is 10.1. The van der Waals surface area contributed by atoms with E-state index in [0.29, 0.717) is 17.1 Å². The van der Waals surface area contributed by atoms with Gasteiger partial charge in [-0.3, -0.25) is 9.59 Å². The number of hydrogen-bond donors (Lipinski definition) is 2. The Balaban J connectivity index is 1.92. The third-order valence-electron chi connectivity index (χ3n) is 3.26. The average Bonchev–Trinajstić information content (AvgIpc) is 2.56. The van der Waals surface area contributed by atoms with Gasteiger partial charge in [-0.2, -0.15) is 0 Å². The number of rotatable bonds is 6. The number of amides is 2. The molecule has 2 aromatic carbocycles. The predicted octanol–water partition coefficient (Wildman–Crippen LogP) is 2.98. The van der Waals surface area contributed by atoms with Crippen LogP contribution in [0.4, 0.5) is 11.4 Å². The first-order chi connectivity index (χ1) is 11.5. The minimum absolute atomic E-state index is 0.115. The predicted molar refractivity (Wildman–Crippen MR) is 92.6 cm³/mol. The van der Waals surface area contributed by atoms with Gasteiger partial charge in [0.2, 0.25) is 5.91 Å². The highest BCUT2D eigenvalue weighted by atomic mass is 16.5. The monoisotopic (exact) mass is 328 g/mol. The highest BCUT2D eigenvalue weighted by Gasteiger charge is 2.07. The maximum Gasteiger partial charge on any atom is 0.262 e. The number of methoxy groups -OCH3 is 1. The van der Waals surface area contributed by atoms with E-state index >= 15 is 0 Å². The summed E-state index contributed by atoms with van der Waals surface area (Å²) in [5.74, 6) is 0.846. The van der Waals surface area contributed by atoms with Crippen LogP contribution in [0.3, 0.4) is 0 Å². The van der Waals surface area contributed by atoms with E-state index in [0.717, 1.165) is 11.3 Å². The van der Waals surface area contributed by atoms with E-state index in [9.17, 15) is 9.59 Å². The second-order valence-electron chi connectivity index (χ2n) is 5.22. The first-order valence-electron chi connectivity index (χ1n) is 7.43. The van der Waals surface area contributed by atoms with Crippen LogP contribution >= 0.6 is 0 Å². The minimum atomic E-state index is -0.288. The summed E-state index contributed by atoms with van der Waals surface area (Å²) in [6.45, 7) is 3.20. The van der Waals surface area contributed by atoms with E-state index in [1.807, 2.05) is 13.0 Å². The molecule has 0 aliphatic carbocycles. The summed E-state index contributed by atoms with van der Waals surface area (Å²) in [6, 6.07) is 12.3. The molecule has 0 aromatic heterocycles. The van der Waals surface area contributed by atoms with Gasteiger partial charge < -0.3 is 20.1 Å². The van der Waals surface area contributed by atoms with Crippen molar-refractivity contribution in [2.45, 2.75) is 13.8 Å². The molecule has 0 aliphatic rings. The normalized spacial score (nSPS) is 9.96. The highest BCUT2D eigenvalue weighted by molar-refractivity contribution is 5.94. The molecule has 0 radical (unpaired) electrons. The summed E-state index contributed by atoms with van der Waals surface area (Å²) < 4.78 is 10.5. The molecule has 6 heteroatoms. The summed E-state index contributed by atoms with van der Waals surface area (Å²) in [6.07, 6.45) is 0. The van der Waals surface area contributed by atoms with Gasteiger partial charge in [0.1, 0.15) is 11.5 Å². The van der Waals surface area contributed by atoms with E-state index in [2.05, 4.69) is 10.6 Å². The molecule has 126 valence electrons. The van der Waals surface area contributed by atoms with Crippen molar-refractivity contribution in [1.29, 1.82) is 0 Å². The molecule has 0 aliphatic heterocycles. The van der Waals surface area contributed by atoms with Crippen LogP contribution in [0, 0.1) is 6.92 Å². The molecule has 0 spiro atoms. The Morgan fingerprint density at radius 2 is 1.67 bits per heavy atom. The van der Waals surface area contributed by atoms with E-state index in [-0.39, 0.29) is 18.4 Å². The van der Waals surface area contributed by atoms with Crippen LogP contribution < -0.4 is 20.1 Å². The Morgan fingerprint density at radius 1 is 1.00 bits per heavy atom. The van der Waals surface area contributed by atoms with Gasteiger partial charge in [0.05, 0.1) is 7.11 Å². The number of nitrogens with one attached hydrogen (secondary N) is 2. The second kappa shape index (κ2) is 8.01. The summed E-state index contributed by atoms with van der Waals surface area (Å²) in [5, 5.41) is 5.46. The molecule has 6 nitrogen and oxygen atoms in total.